The van der Waals surface area contributed by atoms with Gasteiger partial charge in [-0.1, -0.05) is 0 Å². The summed E-state index contributed by atoms with van der Waals surface area (Å²) in [7, 11) is 0. The topological polar surface area (TPSA) is 84.2 Å². The quantitative estimate of drug-likeness (QED) is 0.674. The van der Waals surface area contributed by atoms with Crippen LogP contribution in [0.5, 0.6) is 0 Å². The van der Waals surface area contributed by atoms with Crippen molar-refractivity contribution in [1.29, 1.82) is 0 Å². The summed E-state index contributed by atoms with van der Waals surface area (Å²) in [4.78, 5) is 28.9. The first kappa shape index (κ1) is 17.4. The van der Waals surface area contributed by atoms with E-state index in [-0.39, 0.29) is 11.9 Å². The van der Waals surface area contributed by atoms with Crippen molar-refractivity contribution in [1.82, 2.24) is 19.9 Å². The number of hydrogen-bond acceptors (Lipinski definition) is 7. The molecule has 1 aliphatic heterocycles. The lowest BCUT2D eigenvalue weighted by Gasteiger charge is -2.24. The van der Waals surface area contributed by atoms with E-state index in [1.54, 1.807) is 48.2 Å². The molecule has 4 rings (SSSR count). The number of aromatic nitrogens is 3. The number of amides is 1. The maximum atomic E-state index is 12.7. The molecule has 1 aliphatic rings. The minimum Gasteiger partial charge on any atom is -0.465 e. The Kier molecular flexibility index (Phi) is 4.97. The van der Waals surface area contributed by atoms with E-state index in [9.17, 15) is 4.79 Å². The van der Waals surface area contributed by atoms with Gasteiger partial charge in [0.15, 0.2) is 10.9 Å². The third kappa shape index (κ3) is 3.90. The zero-order valence-corrected chi connectivity index (χ0v) is 15.6. The van der Waals surface area contributed by atoms with Gasteiger partial charge in [0.2, 0.25) is 5.91 Å². The zero-order valence-electron chi connectivity index (χ0n) is 14.8. The van der Waals surface area contributed by atoms with E-state index in [0.29, 0.717) is 18.1 Å². The van der Waals surface area contributed by atoms with Crippen molar-refractivity contribution in [3.05, 3.63) is 59.4 Å². The SMILES string of the molecule is Cc1cnc(Nc2nccnc2C2CCCN2C(=O)C=Cc2ccco2)s1. The second-order valence-corrected chi connectivity index (χ2v) is 7.46. The molecule has 1 atom stereocenters. The smallest absolute Gasteiger partial charge is 0.247 e. The minimum atomic E-state index is -0.115. The van der Waals surface area contributed by atoms with E-state index in [1.807, 2.05) is 24.1 Å². The van der Waals surface area contributed by atoms with Crippen LogP contribution in [0.15, 0.2) is 47.5 Å². The number of nitrogens with zero attached hydrogens (tertiary/aromatic N) is 4. The molecule has 1 N–H and O–H groups in total. The van der Waals surface area contributed by atoms with Crippen molar-refractivity contribution in [2.45, 2.75) is 25.8 Å². The first-order valence-electron chi connectivity index (χ1n) is 8.73. The van der Waals surface area contributed by atoms with Gasteiger partial charge in [-0.2, -0.15) is 0 Å². The van der Waals surface area contributed by atoms with Gasteiger partial charge in [0.25, 0.3) is 0 Å². The molecular weight excluding hydrogens is 362 g/mol. The van der Waals surface area contributed by atoms with Crippen LogP contribution in [-0.2, 0) is 4.79 Å². The summed E-state index contributed by atoms with van der Waals surface area (Å²) in [5, 5.41) is 4.01. The third-order valence-electron chi connectivity index (χ3n) is 4.36. The number of rotatable bonds is 5. The van der Waals surface area contributed by atoms with E-state index in [1.165, 1.54) is 0 Å². The summed E-state index contributed by atoms with van der Waals surface area (Å²) in [6.45, 7) is 2.70. The summed E-state index contributed by atoms with van der Waals surface area (Å²) in [6, 6.07) is 3.49. The van der Waals surface area contributed by atoms with Gasteiger partial charge in [-0.05, 0) is 38.0 Å². The Bertz CT molecular complexity index is 951. The molecular formula is C19H19N5O2S. The fourth-order valence-corrected chi connectivity index (χ4v) is 3.82. The normalized spacial score (nSPS) is 16.9. The van der Waals surface area contributed by atoms with Gasteiger partial charge in [0.05, 0.1) is 12.3 Å². The molecule has 1 fully saturated rings. The Morgan fingerprint density at radius 3 is 3.04 bits per heavy atom. The molecule has 138 valence electrons. The monoisotopic (exact) mass is 381 g/mol. The average molecular weight is 381 g/mol. The Labute approximate surface area is 160 Å². The largest absolute Gasteiger partial charge is 0.465 e. The average Bonchev–Trinajstić information content (AvgIpc) is 3.42. The molecule has 1 amide bonds. The predicted octanol–water partition coefficient (Wildman–Crippen LogP) is 3.96. The van der Waals surface area contributed by atoms with E-state index in [2.05, 4.69) is 20.3 Å². The highest BCUT2D eigenvalue weighted by Gasteiger charge is 2.32. The predicted molar refractivity (Wildman–Crippen MR) is 104 cm³/mol. The molecule has 1 saturated heterocycles. The summed E-state index contributed by atoms with van der Waals surface area (Å²) < 4.78 is 5.25. The van der Waals surface area contributed by atoms with Gasteiger partial charge in [0.1, 0.15) is 11.5 Å². The number of hydrogen-bond donors (Lipinski definition) is 1. The molecule has 7 nitrogen and oxygen atoms in total. The van der Waals surface area contributed by atoms with E-state index < -0.39 is 0 Å². The van der Waals surface area contributed by atoms with Crippen molar-refractivity contribution >= 4 is 34.3 Å². The Morgan fingerprint density at radius 1 is 1.37 bits per heavy atom. The summed E-state index contributed by atoms with van der Waals surface area (Å²) in [6.07, 6.45) is 11.7. The Morgan fingerprint density at radius 2 is 2.26 bits per heavy atom. The van der Waals surface area contributed by atoms with Crippen LogP contribution in [0.3, 0.4) is 0 Å². The molecule has 8 heteroatoms. The highest BCUT2D eigenvalue weighted by molar-refractivity contribution is 7.15. The van der Waals surface area contributed by atoms with Crippen LogP contribution in [0.25, 0.3) is 6.08 Å². The summed E-state index contributed by atoms with van der Waals surface area (Å²) >= 11 is 1.56. The first-order chi connectivity index (χ1) is 13.2. The number of nitrogens with one attached hydrogen (secondary N) is 1. The molecule has 3 aromatic rings. The van der Waals surface area contributed by atoms with Crippen molar-refractivity contribution in [3.63, 3.8) is 0 Å². The van der Waals surface area contributed by atoms with Crippen LogP contribution in [-0.4, -0.2) is 32.3 Å². The van der Waals surface area contributed by atoms with Gasteiger partial charge < -0.3 is 14.6 Å². The lowest BCUT2D eigenvalue weighted by atomic mass is 10.1. The lowest BCUT2D eigenvalue weighted by molar-refractivity contribution is -0.126. The van der Waals surface area contributed by atoms with Crippen molar-refractivity contribution in [2.24, 2.45) is 0 Å². The molecule has 0 aliphatic carbocycles. The highest BCUT2D eigenvalue weighted by atomic mass is 32.1. The van der Waals surface area contributed by atoms with Gasteiger partial charge in [-0.15, -0.1) is 11.3 Å². The van der Waals surface area contributed by atoms with Gasteiger partial charge in [-0.25, -0.2) is 9.97 Å². The van der Waals surface area contributed by atoms with Gasteiger partial charge in [-0.3, -0.25) is 9.78 Å². The van der Waals surface area contributed by atoms with E-state index >= 15 is 0 Å². The number of anilines is 2. The van der Waals surface area contributed by atoms with Crippen LogP contribution in [0.2, 0.25) is 0 Å². The molecule has 0 radical (unpaired) electrons. The van der Waals surface area contributed by atoms with Crippen LogP contribution in [0.4, 0.5) is 10.9 Å². The first-order valence-corrected chi connectivity index (χ1v) is 9.55. The minimum absolute atomic E-state index is 0.0596. The second-order valence-electron chi connectivity index (χ2n) is 6.23. The second kappa shape index (κ2) is 7.71. The Balaban J connectivity index is 1.56. The third-order valence-corrected chi connectivity index (χ3v) is 5.19. The van der Waals surface area contributed by atoms with Crippen LogP contribution in [0.1, 0.15) is 35.2 Å². The zero-order chi connectivity index (χ0) is 18.6. The number of aryl methyl sites for hydroxylation is 1. The van der Waals surface area contributed by atoms with Crippen molar-refractivity contribution in [3.8, 4) is 0 Å². The fraction of sp³-hybridized carbons (Fsp3) is 0.263. The van der Waals surface area contributed by atoms with Gasteiger partial charge in [0, 0.05) is 36.1 Å². The summed E-state index contributed by atoms with van der Waals surface area (Å²) in [5.74, 6) is 1.24. The molecule has 3 aromatic heterocycles. The lowest BCUT2D eigenvalue weighted by Crippen LogP contribution is -2.30. The molecule has 0 aromatic carbocycles. The van der Waals surface area contributed by atoms with Crippen LogP contribution < -0.4 is 5.32 Å². The van der Waals surface area contributed by atoms with Gasteiger partial charge >= 0.3 is 0 Å². The number of furan rings is 1. The molecule has 0 spiro atoms. The van der Waals surface area contributed by atoms with Crippen molar-refractivity contribution in [2.75, 3.05) is 11.9 Å². The molecule has 0 saturated carbocycles. The number of carbonyl (C=O) groups excluding carboxylic acids is 1. The highest BCUT2D eigenvalue weighted by Crippen LogP contribution is 2.35. The maximum absolute atomic E-state index is 12.7. The molecule has 0 bridgehead atoms. The standard InChI is InChI=1S/C19H19N5O2S/c1-13-12-22-19(27-13)23-18-17(20-8-9-21-18)15-5-2-10-24(15)16(25)7-6-14-4-3-11-26-14/h3-4,6-9,11-12,15H,2,5,10H2,1H3,(H,21,22,23). The molecule has 4 heterocycles. The number of thiazole rings is 1. The van der Waals surface area contributed by atoms with E-state index in [0.717, 1.165) is 28.5 Å². The molecule has 1 unspecified atom stereocenters. The fourth-order valence-electron chi connectivity index (χ4n) is 3.15. The number of likely N-dealkylation sites (tertiary alicyclic amines) is 1. The number of carbonyl (C=O) groups is 1. The van der Waals surface area contributed by atoms with Crippen LogP contribution in [0, 0.1) is 6.92 Å². The molecule has 27 heavy (non-hydrogen) atoms. The Hall–Kier alpha value is -3.00. The van der Waals surface area contributed by atoms with E-state index in [4.69, 9.17) is 4.42 Å². The van der Waals surface area contributed by atoms with Crippen LogP contribution >= 0.6 is 11.3 Å². The van der Waals surface area contributed by atoms with Crippen molar-refractivity contribution < 1.29 is 9.21 Å². The summed E-state index contributed by atoms with van der Waals surface area (Å²) in [5.41, 5.74) is 0.766. The maximum Gasteiger partial charge on any atom is 0.247 e.